The fraction of sp³-hybridized carbons (Fsp3) is 0.607. The van der Waals surface area contributed by atoms with Gasteiger partial charge >= 0.3 is 6.09 Å². The number of aldehydes is 1. The van der Waals surface area contributed by atoms with Gasteiger partial charge in [0.15, 0.2) is 5.78 Å². The summed E-state index contributed by atoms with van der Waals surface area (Å²) in [5, 5.41) is 0.857. The van der Waals surface area contributed by atoms with Crippen molar-refractivity contribution >= 4 is 33.1 Å². The highest BCUT2D eigenvalue weighted by atomic mass is 31.0. The van der Waals surface area contributed by atoms with Gasteiger partial charge in [-0.1, -0.05) is 39.6 Å². The molecule has 35 heavy (non-hydrogen) atoms. The number of nitrogens with zero attached hydrogens (tertiary/aromatic N) is 2. The quantitative estimate of drug-likeness (QED) is 0.230. The Morgan fingerprint density at radius 1 is 1.17 bits per heavy atom. The average molecular weight is 505 g/mol. The Hall–Kier alpha value is -2.20. The van der Waals surface area contributed by atoms with Crippen LogP contribution in [0.2, 0.25) is 0 Å². The lowest BCUT2D eigenvalue weighted by atomic mass is 9.82. The van der Waals surface area contributed by atoms with E-state index in [0.717, 1.165) is 34.8 Å². The third kappa shape index (κ3) is 9.07. The van der Waals surface area contributed by atoms with Crippen LogP contribution < -0.4 is 4.90 Å². The first-order valence-electron chi connectivity index (χ1n) is 12.8. The van der Waals surface area contributed by atoms with Crippen molar-refractivity contribution in [3.05, 3.63) is 41.2 Å². The molecular weight excluding hydrogens is 459 g/mol. The highest BCUT2D eigenvalue weighted by Gasteiger charge is 2.28. The van der Waals surface area contributed by atoms with E-state index < -0.39 is 5.60 Å². The molecule has 1 aliphatic heterocycles. The van der Waals surface area contributed by atoms with E-state index in [4.69, 9.17) is 4.74 Å². The topological polar surface area (TPSA) is 66.9 Å². The summed E-state index contributed by atoms with van der Waals surface area (Å²) in [6.45, 7) is 20.2. The normalized spacial score (nSPS) is 15.4. The first-order valence-corrected chi connectivity index (χ1v) is 13.3. The van der Waals surface area contributed by atoms with Gasteiger partial charge in [0, 0.05) is 49.8 Å². The van der Waals surface area contributed by atoms with Crippen molar-refractivity contribution in [1.29, 1.82) is 0 Å². The fourth-order valence-electron chi connectivity index (χ4n) is 4.22. The highest BCUT2D eigenvalue weighted by molar-refractivity contribution is 7.22. The average Bonchev–Trinajstić information content (AvgIpc) is 2.83. The molecule has 6 nitrogen and oxygen atoms in total. The summed E-state index contributed by atoms with van der Waals surface area (Å²) < 4.78 is 5.48. The molecule has 1 aromatic rings. The lowest BCUT2D eigenvalue weighted by Crippen LogP contribution is -2.50. The molecule has 1 amide bonds. The number of anilines is 1. The molecule has 0 aliphatic carbocycles. The number of aryl methyl sites for hydroxylation is 1. The summed E-state index contributed by atoms with van der Waals surface area (Å²) in [6.07, 6.45) is 2.42. The zero-order valence-electron chi connectivity index (χ0n) is 22.7. The molecule has 0 spiro atoms. The summed E-state index contributed by atoms with van der Waals surface area (Å²) in [5.41, 5.74) is 2.32. The number of carbonyl (C=O) groups is 3. The molecule has 0 N–H and O–H groups in total. The summed E-state index contributed by atoms with van der Waals surface area (Å²) in [5.74, 6) is -0.200. The molecule has 0 saturated carbocycles. The molecule has 1 aliphatic rings. The summed E-state index contributed by atoms with van der Waals surface area (Å²) >= 11 is 0. The molecule has 7 heteroatoms. The van der Waals surface area contributed by atoms with Crippen molar-refractivity contribution < 1.29 is 19.1 Å². The number of rotatable bonds is 9. The van der Waals surface area contributed by atoms with Crippen LogP contribution in [0.4, 0.5) is 10.5 Å². The number of carbonyl (C=O) groups excluding carboxylic acids is 3. The van der Waals surface area contributed by atoms with Gasteiger partial charge in [0.1, 0.15) is 11.9 Å². The lowest BCUT2D eigenvalue weighted by molar-refractivity contribution is -0.108. The van der Waals surface area contributed by atoms with Crippen LogP contribution in [-0.2, 0) is 16.0 Å². The number of ketones is 1. The van der Waals surface area contributed by atoms with Gasteiger partial charge in [0.05, 0.1) is 0 Å². The predicted octanol–water partition coefficient (Wildman–Crippen LogP) is 6.14. The zero-order chi connectivity index (χ0) is 26.8. The first-order chi connectivity index (χ1) is 16.5. The van der Waals surface area contributed by atoms with Gasteiger partial charge in [-0.3, -0.25) is 4.79 Å². The molecule has 1 heterocycles. The Balaban J connectivity index is 0.00000298. The van der Waals surface area contributed by atoms with Gasteiger partial charge in [0.25, 0.3) is 0 Å². The third-order valence-corrected chi connectivity index (χ3v) is 6.55. The molecule has 3 unspecified atom stereocenters. The van der Waals surface area contributed by atoms with Crippen molar-refractivity contribution in [3.63, 3.8) is 0 Å². The van der Waals surface area contributed by atoms with Gasteiger partial charge in [0.2, 0.25) is 0 Å². The zero-order valence-corrected chi connectivity index (χ0v) is 23.9. The molecule has 1 fully saturated rings. The number of piperazine rings is 1. The van der Waals surface area contributed by atoms with Crippen LogP contribution in [0.15, 0.2) is 30.1 Å². The minimum atomic E-state index is -0.501. The molecule has 2 rings (SSSR count). The van der Waals surface area contributed by atoms with Crippen molar-refractivity contribution in [2.75, 3.05) is 31.1 Å². The maximum Gasteiger partial charge on any atom is 0.410 e. The summed E-state index contributed by atoms with van der Waals surface area (Å²) in [4.78, 5) is 40.5. The number of allylic oxidation sites excluding steroid dienone is 1. The van der Waals surface area contributed by atoms with Crippen LogP contribution in [0.5, 0.6) is 0 Å². The van der Waals surface area contributed by atoms with Crippen LogP contribution >= 0.6 is 9.24 Å². The molecule has 0 aromatic heterocycles. The van der Waals surface area contributed by atoms with Gasteiger partial charge in [-0.15, -0.1) is 9.24 Å². The van der Waals surface area contributed by atoms with E-state index in [9.17, 15) is 14.4 Å². The standard InChI is InChI=1S/C26H39N2O4P.C2H6/c1-7-20-17-21(27-12-14-28(15-13-27)25(31)32-26(4,5)6)10-11-23(20)24(30)18(2)22(19(3)33)9-8-16-29;1-2/h10-11,16-18,22H,3,7-9,12-15,33H2,1-2,4-6H3;1-2H3. The first kappa shape index (κ1) is 30.8. The summed E-state index contributed by atoms with van der Waals surface area (Å²) in [7, 11) is 2.60. The van der Waals surface area contributed by atoms with Crippen LogP contribution in [0.25, 0.3) is 0 Å². The second-order valence-electron chi connectivity index (χ2n) is 9.73. The van der Waals surface area contributed by atoms with E-state index in [-0.39, 0.29) is 23.7 Å². The van der Waals surface area contributed by atoms with E-state index in [0.29, 0.717) is 39.0 Å². The molecule has 3 atom stereocenters. The Kier molecular flexibility index (Phi) is 12.7. The van der Waals surface area contributed by atoms with Gasteiger partial charge < -0.3 is 19.3 Å². The van der Waals surface area contributed by atoms with E-state index in [1.54, 1.807) is 4.90 Å². The number of Topliss-reactive ketones (excluding diaryl/α,β-unsaturated/α-hetero) is 1. The van der Waals surface area contributed by atoms with Gasteiger partial charge in [-0.05, 0) is 63.3 Å². The smallest absolute Gasteiger partial charge is 0.410 e. The number of amides is 1. The van der Waals surface area contributed by atoms with Crippen molar-refractivity contribution in [2.24, 2.45) is 11.8 Å². The Bertz CT molecular complexity index is 870. The van der Waals surface area contributed by atoms with E-state index in [1.165, 1.54) is 0 Å². The molecule has 0 bridgehead atoms. The second-order valence-corrected chi connectivity index (χ2v) is 10.5. The van der Waals surface area contributed by atoms with E-state index in [1.807, 2.05) is 53.7 Å². The predicted molar refractivity (Wildman–Crippen MR) is 148 cm³/mol. The second kappa shape index (κ2) is 14.4. The molecule has 0 radical (unpaired) electrons. The Morgan fingerprint density at radius 3 is 2.26 bits per heavy atom. The summed E-state index contributed by atoms with van der Waals surface area (Å²) in [6, 6.07) is 6.02. The minimum absolute atomic E-state index is 0.0435. The molecule has 1 saturated heterocycles. The van der Waals surface area contributed by atoms with Gasteiger partial charge in [-0.2, -0.15) is 0 Å². The third-order valence-electron chi connectivity index (χ3n) is 6.12. The van der Waals surface area contributed by atoms with Crippen LogP contribution in [0.3, 0.4) is 0 Å². The highest BCUT2D eigenvalue weighted by Crippen LogP contribution is 2.32. The number of hydrogen-bond donors (Lipinski definition) is 0. The molecule has 196 valence electrons. The Morgan fingerprint density at radius 2 is 1.77 bits per heavy atom. The van der Waals surface area contributed by atoms with Crippen molar-refractivity contribution in [3.8, 4) is 0 Å². The van der Waals surface area contributed by atoms with E-state index in [2.05, 4.69) is 33.7 Å². The monoisotopic (exact) mass is 504 g/mol. The van der Waals surface area contributed by atoms with Gasteiger partial charge in [-0.25, -0.2) is 4.79 Å². The van der Waals surface area contributed by atoms with Crippen molar-refractivity contribution in [2.45, 2.75) is 73.3 Å². The van der Waals surface area contributed by atoms with Crippen molar-refractivity contribution in [1.82, 2.24) is 4.90 Å². The SMILES string of the molecule is C=C(P)C(CCC=O)C(C)C(=O)c1ccc(N2CCN(C(=O)OC(C)(C)C)CC2)cc1CC.CC. The minimum Gasteiger partial charge on any atom is -0.444 e. The number of ether oxygens (including phenoxy) is 1. The number of benzene rings is 1. The largest absolute Gasteiger partial charge is 0.444 e. The maximum atomic E-state index is 13.3. The molecular formula is C28H45N2O4P. The van der Waals surface area contributed by atoms with Crippen LogP contribution in [0, 0.1) is 11.8 Å². The fourth-order valence-corrected chi connectivity index (χ4v) is 4.67. The van der Waals surface area contributed by atoms with E-state index >= 15 is 0 Å². The Labute approximate surface area is 214 Å². The van der Waals surface area contributed by atoms with Crippen LogP contribution in [-0.4, -0.2) is 54.8 Å². The maximum absolute atomic E-state index is 13.3. The lowest BCUT2D eigenvalue weighted by Gasteiger charge is -2.37. The van der Waals surface area contributed by atoms with Crippen LogP contribution in [0.1, 0.15) is 77.2 Å². The molecule has 1 aromatic carbocycles. The number of hydrogen-bond acceptors (Lipinski definition) is 5.